The second-order valence-corrected chi connectivity index (χ2v) is 5.86. The van der Waals surface area contributed by atoms with Crippen LogP contribution in [0.5, 0.6) is 5.75 Å². The van der Waals surface area contributed by atoms with Crippen molar-refractivity contribution in [1.29, 1.82) is 0 Å². The van der Waals surface area contributed by atoms with E-state index in [1.165, 1.54) is 0 Å². The number of likely N-dealkylation sites (tertiary alicyclic amines) is 1. The zero-order chi connectivity index (χ0) is 17.5. The molecule has 3 rings (SSSR count). The summed E-state index contributed by atoms with van der Waals surface area (Å²) >= 11 is 0. The minimum absolute atomic E-state index is 0.0571. The van der Waals surface area contributed by atoms with E-state index in [2.05, 4.69) is 0 Å². The maximum Gasteiger partial charge on any atom is 0.406 e. The Morgan fingerprint density at radius 2 is 1.96 bits per heavy atom. The van der Waals surface area contributed by atoms with Gasteiger partial charge in [-0.25, -0.2) is 0 Å². The number of rotatable bonds is 2. The van der Waals surface area contributed by atoms with Gasteiger partial charge in [-0.15, -0.1) is 0 Å². The first kappa shape index (κ1) is 16.4. The first-order valence-corrected chi connectivity index (χ1v) is 7.26. The van der Waals surface area contributed by atoms with Crippen molar-refractivity contribution in [2.24, 2.45) is 5.41 Å². The van der Waals surface area contributed by atoms with Gasteiger partial charge in [0.05, 0.1) is 5.57 Å². The molecule has 1 N–H and O–H groups in total. The van der Waals surface area contributed by atoms with E-state index in [1.54, 1.807) is 30.3 Å². The third-order valence-electron chi connectivity index (χ3n) is 4.42. The molecule has 0 aromatic heterocycles. The standard InChI is InChI=1S/C16H14F3NO4/c17-16(18,19)15(14(22)23)5-6-20(9-15)13(21)11-7-10-3-1-2-4-12(10)24-8-11/h1-4,7H,5-6,8-9H2,(H,22,23). The Balaban J connectivity index is 1.83. The van der Waals surface area contributed by atoms with Crippen LogP contribution in [0.1, 0.15) is 12.0 Å². The van der Waals surface area contributed by atoms with Crippen LogP contribution < -0.4 is 4.74 Å². The third kappa shape index (κ3) is 2.51. The van der Waals surface area contributed by atoms with Gasteiger partial charge in [0.15, 0.2) is 5.41 Å². The lowest BCUT2D eigenvalue weighted by atomic mass is 9.86. The van der Waals surface area contributed by atoms with Crippen molar-refractivity contribution in [3.05, 3.63) is 35.4 Å². The van der Waals surface area contributed by atoms with Crippen LogP contribution in [-0.4, -0.2) is 47.8 Å². The van der Waals surface area contributed by atoms with E-state index in [4.69, 9.17) is 9.84 Å². The topological polar surface area (TPSA) is 66.8 Å². The smallest absolute Gasteiger partial charge is 0.406 e. The van der Waals surface area contributed by atoms with Crippen LogP contribution in [0.4, 0.5) is 13.2 Å². The molecule has 1 saturated heterocycles. The maximum atomic E-state index is 13.2. The Morgan fingerprint density at radius 1 is 1.25 bits per heavy atom. The normalized spacial score (nSPS) is 23.3. The van der Waals surface area contributed by atoms with Gasteiger partial charge in [-0.1, -0.05) is 18.2 Å². The fourth-order valence-corrected chi connectivity index (χ4v) is 2.95. The van der Waals surface area contributed by atoms with Gasteiger partial charge in [-0.05, 0) is 18.6 Å². The molecule has 24 heavy (non-hydrogen) atoms. The number of carbonyl (C=O) groups excluding carboxylic acids is 1. The molecule has 8 heteroatoms. The summed E-state index contributed by atoms with van der Waals surface area (Å²) in [5.74, 6) is -1.99. The Labute approximate surface area is 135 Å². The largest absolute Gasteiger partial charge is 0.488 e. The summed E-state index contributed by atoms with van der Waals surface area (Å²) in [7, 11) is 0. The molecule has 1 amide bonds. The monoisotopic (exact) mass is 341 g/mol. The van der Waals surface area contributed by atoms with Crippen LogP contribution in [0.2, 0.25) is 0 Å². The van der Waals surface area contributed by atoms with Crippen molar-refractivity contribution in [2.75, 3.05) is 19.7 Å². The average molecular weight is 341 g/mol. The lowest BCUT2D eigenvalue weighted by Crippen LogP contribution is -2.48. The maximum absolute atomic E-state index is 13.2. The van der Waals surface area contributed by atoms with E-state index in [-0.39, 0.29) is 18.7 Å². The van der Waals surface area contributed by atoms with Crippen LogP contribution >= 0.6 is 0 Å². The second kappa shape index (κ2) is 5.54. The molecule has 0 radical (unpaired) electrons. The molecule has 1 fully saturated rings. The SMILES string of the molecule is O=C(C1=Cc2ccccc2OC1)N1CCC(C(=O)O)(C(F)(F)F)C1. The summed E-state index contributed by atoms with van der Waals surface area (Å²) < 4.78 is 45.0. The molecule has 1 unspecified atom stereocenters. The molecule has 5 nitrogen and oxygen atoms in total. The number of alkyl halides is 3. The van der Waals surface area contributed by atoms with Gasteiger partial charge < -0.3 is 14.7 Å². The van der Waals surface area contributed by atoms with Crippen molar-refractivity contribution in [2.45, 2.75) is 12.6 Å². The molecule has 1 aromatic rings. The molecule has 128 valence electrons. The quantitative estimate of drug-likeness (QED) is 0.897. The third-order valence-corrected chi connectivity index (χ3v) is 4.42. The lowest BCUT2D eigenvalue weighted by molar-refractivity contribution is -0.227. The number of para-hydroxylation sites is 1. The van der Waals surface area contributed by atoms with Crippen LogP contribution in [0.3, 0.4) is 0 Å². The molecule has 0 bridgehead atoms. The molecule has 2 heterocycles. The van der Waals surface area contributed by atoms with E-state index >= 15 is 0 Å². The van der Waals surface area contributed by atoms with E-state index in [1.807, 2.05) is 0 Å². The highest BCUT2D eigenvalue weighted by Gasteiger charge is 2.64. The Kier molecular flexibility index (Phi) is 3.77. The van der Waals surface area contributed by atoms with Crippen LogP contribution in [-0.2, 0) is 9.59 Å². The van der Waals surface area contributed by atoms with E-state index < -0.39 is 36.4 Å². The number of carboxylic acid groups (broad SMARTS) is 1. The number of aliphatic carboxylic acids is 1. The number of benzene rings is 1. The zero-order valence-corrected chi connectivity index (χ0v) is 12.5. The fourth-order valence-electron chi connectivity index (χ4n) is 2.95. The molecule has 1 aromatic carbocycles. The molecule has 0 spiro atoms. The van der Waals surface area contributed by atoms with E-state index in [0.717, 1.165) is 4.90 Å². The van der Waals surface area contributed by atoms with Crippen molar-refractivity contribution in [1.82, 2.24) is 4.90 Å². The Hall–Kier alpha value is -2.51. The second-order valence-electron chi connectivity index (χ2n) is 5.86. The van der Waals surface area contributed by atoms with Crippen molar-refractivity contribution >= 4 is 18.0 Å². The summed E-state index contributed by atoms with van der Waals surface area (Å²) in [4.78, 5) is 24.6. The average Bonchev–Trinajstić information content (AvgIpc) is 3.00. The summed E-state index contributed by atoms with van der Waals surface area (Å²) in [5, 5.41) is 9.04. The van der Waals surface area contributed by atoms with Gasteiger partial charge in [-0.2, -0.15) is 13.2 Å². The number of ether oxygens (including phenoxy) is 1. The molecule has 2 aliphatic rings. The number of halogens is 3. The molecule has 0 aliphatic carbocycles. The fraction of sp³-hybridized carbons (Fsp3) is 0.375. The van der Waals surface area contributed by atoms with Gasteiger partial charge in [0.25, 0.3) is 5.91 Å². The molecule has 2 aliphatic heterocycles. The number of hydrogen-bond donors (Lipinski definition) is 1. The van der Waals surface area contributed by atoms with Gasteiger partial charge >= 0.3 is 12.1 Å². The summed E-state index contributed by atoms with van der Waals surface area (Å²) in [6.07, 6.45) is -4.00. The van der Waals surface area contributed by atoms with Crippen LogP contribution in [0.15, 0.2) is 29.8 Å². The van der Waals surface area contributed by atoms with Crippen LogP contribution in [0.25, 0.3) is 6.08 Å². The van der Waals surface area contributed by atoms with Gasteiger partial charge in [-0.3, -0.25) is 9.59 Å². The van der Waals surface area contributed by atoms with E-state index in [9.17, 15) is 22.8 Å². The molecule has 1 atom stereocenters. The van der Waals surface area contributed by atoms with Gasteiger partial charge in [0.2, 0.25) is 0 Å². The van der Waals surface area contributed by atoms with E-state index in [0.29, 0.717) is 11.3 Å². The summed E-state index contributed by atoms with van der Waals surface area (Å²) in [6.45, 7) is -1.20. The van der Waals surface area contributed by atoms with Crippen molar-refractivity contribution in [3.63, 3.8) is 0 Å². The molecular weight excluding hydrogens is 327 g/mol. The predicted octanol–water partition coefficient (Wildman–Crippen LogP) is 2.33. The highest BCUT2D eigenvalue weighted by molar-refractivity contribution is 5.99. The Morgan fingerprint density at radius 3 is 2.58 bits per heavy atom. The minimum Gasteiger partial charge on any atom is -0.488 e. The van der Waals surface area contributed by atoms with Crippen molar-refractivity contribution in [3.8, 4) is 5.75 Å². The minimum atomic E-state index is -4.92. The zero-order valence-electron chi connectivity index (χ0n) is 12.5. The first-order valence-electron chi connectivity index (χ1n) is 7.26. The summed E-state index contributed by atoms with van der Waals surface area (Å²) in [5.41, 5.74) is -2.04. The number of nitrogens with zero attached hydrogens (tertiary/aromatic N) is 1. The highest BCUT2D eigenvalue weighted by atomic mass is 19.4. The molecular formula is C16H14F3NO4. The van der Waals surface area contributed by atoms with Gasteiger partial charge in [0, 0.05) is 18.7 Å². The van der Waals surface area contributed by atoms with Gasteiger partial charge in [0.1, 0.15) is 12.4 Å². The summed E-state index contributed by atoms with van der Waals surface area (Å²) in [6, 6.07) is 6.97. The number of carboxylic acids is 1. The molecule has 0 saturated carbocycles. The number of fused-ring (bicyclic) bond motifs is 1. The number of carbonyl (C=O) groups is 2. The number of amides is 1. The lowest BCUT2D eigenvalue weighted by Gasteiger charge is -2.28. The Bertz CT molecular complexity index is 728. The predicted molar refractivity (Wildman–Crippen MR) is 77.2 cm³/mol. The first-order chi connectivity index (χ1) is 11.2. The van der Waals surface area contributed by atoms with Crippen molar-refractivity contribution < 1.29 is 32.6 Å². The highest BCUT2D eigenvalue weighted by Crippen LogP contribution is 2.46. The van der Waals surface area contributed by atoms with Crippen LogP contribution in [0, 0.1) is 5.41 Å². The number of hydrogen-bond acceptors (Lipinski definition) is 3.